The number of urea groups is 1. The molecule has 0 spiro atoms. The Labute approximate surface area is 111 Å². The van der Waals surface area contributed by atoms with Crippen molar-refractivity contribution in [2.75, 3.05) is 5.75 Å². The molecule has 1 aliphatic heterocycles. The van der Waals surface area contributed by atoms with Crippen molar-refractivity contribution in [2.24, 2.45) is 0 Å². The Morgan fingerprint density at radius 1 is 1.22 bits per heavy atom. The van der Waals surface area contributed by atoms with E-state index < -0.39 is 11.6 Å². The summed E-state index contributed by atoms with van der Waals surface area (Å²) < 4.78 is 0. The molecule has 1 aromatic carbocycles. The van der Waals surface area contributed by atoms with Gasteiger partial charge in [-0.15, -0.1) is 0 Å². The molecule has 1 aliphatic rings. The van der Waals surface area contributed by atoms with Crippen LogP contribution >= 0.6 is 11.8 Å². The highest BCUT2D eigenvalue weighted by molar-refractivity contribution is 7.98. The predicted octanol–water partition coefficient (Wildman–Crippen LogP) is 1.91. The van der Waals surface area contributed by atoms with Crippen molar-refractivity contribution < 1.29 is 9.59 Å². The van der Waals surface area contributed by atoms with Crippen molar-refractivity contribution >= 4 is 23.7 Å². The Morgan fingerprint density at radius 2 is 1.94 bits per heavy atom. The maximum Gasteiger partial charge on any atom is 0.322 e. The fourth-order valence-corrected chi connectivity index (χ4v) is 2.92. The highest BCUT2D eigenvalue weighted by Gasteiger charge is 2.41. The lowest BCUT2D eigenvalue weighted by molar-refractivity contribution is -0.123. The molecule has 1 aromatic rings. The second-order valence-corrected chi connectivity index (χ2v) is 5.63. The van der Waals surface area contributed by atoms with Gasteiger partial charge in [0, 0.05) is 5.75 Å². The van der Waals surface area contributed by atoms with Crippen LogP contribution < -0.4 is 10.6 Å². The van der Waals surface area contributed by atoms with E-state index in [1.807, 2.05) is 18.2 Å². The molecule has 1 saturated heterocycles. The van der Waals surface area contributed by atoms with Crippen LogP contribution in [0.25, 0.3) is 0 Å². The number of rotatable bonds is 5. The zero-order chi connectivity index (χ0) is 13.0. The Kier molecular flexibility index (Phi) is 3.91. The average molecular weight is 264 g/mol. The van der Waals surface area contributed by atoms with Crippen molar-refractivity contribution in [1.82, 2.24) is 10.6 Å². The van der Waals surface area contributed by atoms with Crippen molar-refractivity contribution in [3.8, 4) is 0 Å². The van der Waals surface area contributed by atoms with Crippen LogP contribution in [0.1, 0.15) is 18.9 Å². The van der Waals surface area contributed by atoms with Gasteiger partial charge in [0.2, 0.25) is 0 Å². The number of thioether (sulfide) groups is 1. The second-order valence-electron chi connectivity index (χ2n) is 4.53. The molecule has 18 heavy (non-hydrogen) atoms. The van der Waals surface area contributed by atoms with E-state index in [2.05, 4.69) is 22.8 Å². The van der Waals surface area contributed by atoms with E-state index >= 15 is 0 Å². The van der Waals surface area contributed by atoms with E-state index in [4.69, 9.17) is 0 Å². The number of benzene rings is 1. The van der Waals surface area contributed by atoms with Crippen LogP contribution in [-0.2, 0) is 10.5 Å². The van der Waals surface area contributed by atoms with Crippen molar-refractivity contribution in [2.45, 2.75) is 24.6 Å². The molecule has 5 heteroatoms. The standard InChI is InChI=1S/C13H16N2O2S/c1-13(11(16)14-12(17)15-13)7-8-18-9-10-5-3-2-4-6-10/h2-6H,7-9H2,1H3,(H2,14,15,16,17)/t13-/m0/s1. The van der Waals surface area contributed by atoms with Gasteiger partial charge in [-0.2, -0.15) is 11.8 Å². The summed E-state index contributed by atoms with van der Waals surface area (Å²) in [5, 5.41) is 4.93. The molecule has 1 fully saturated rings. The molecule has 0 unspecified atom stereocenters. The van der Waals surface area contributed by atoms with E-state index in [-0.39, 0.29) is 5.91 Å². The zero-order valence-corrected chi connectivity index (χ0v) is 11.0. The molecule has 2 rings (SSSR count). The Balaban J connectivity index is 1.76. The lowest BCUT2D eigenvalue weighted by Gasteiger charge is -2.19. The minimum Gasteiger partial charge on any atom is -0.324 e. The minimum atomic E-state index is -0.749. The normalized spacial score (nSPS) is 22.7. The van der Waals surface area contributed by atoms with Gasteiger partial charge < -0.3 is 5.32 Å². The van der Waals surface area contributed by atoms with Gasteiger partial charge in [0.15, 0.2) is 0 Å². The highest BCUT2D eigenvalue weighted by atomic mass is 32.2. The molecule has 0 saturated carbocycles. The van der Waals surface area contributed by atoms with Crippen LogP contribution in [0.5, 0.6) is 0 Å². The summed E-state index contributed by atoms with van der Waals surface area (Å²) in [6.07, 6.45) is 0.641. The summed E-state index contributed by atoms with van der Waals surface area (Å²) in [5.74, 6) is 1.53. The number of carbonyl (C=O) groups is 2. The van der Waals surface area contributed by atoms with Crippen molar-refractivity contribution in [3.05, 3.63) is 35.9 Å². The van der Waals surface area contributed by atoms with Gasteiger partial charge in [-0.1, -0.05) is 30.3 Å². The van der Waals surface area contributed by atoms with E-state index in [1.54, 1.807) is 18.7 Å². The molecule has 0 aliphatic carbocycles. The SMILES string of the molecule is C[C@@]1(CCSCc2ccccc2)NC(=O)NC1=O. The number of amides is 3. The molecule has 4 nitrogen and oxygen atoms in total. The van der Waals surface area contributed by atoms with Crippen LogP contribution in [-0.4, -0.2) is 23.2 Å². The third-order valence-electron chi connectivity index (χ3n) is 2.98. The van der Waals surface area contributed by atoms with E-state index in [0.29, 0.717) is 6.42 Å². The number of nitrogens with one attached hydrogen (secondary N) is 2. The van der Waals surface area contributed by atoms with Crippen LogP contribution in [0.4, 0.5) is 4.79 Å². The average Bonchev–Trinajstić information content (AvgIpc) is 2.60. The van der Waals surface area contributed by atoms with Crippen LogP contribution in [0.15, 0.2) is 30.3 Å². The van der Waals surface area contributed by atoms with Gasteiger partial charge in [-0.05, 0) is 24.7 Å². The van der Waals surface area contributed by atoms with Crippen LogP contribution in [0.2, 0.25) is 0 Å². The molecule has 1 atom stereocenters. The van der Waals surface area contributed by atoms with Crippen LogP contribution in [0, 0.1) is 0 Å². The van der Waals surface area contributed by atoms with E-state index in [1.165, 1.54) is 5.56 Å². The Bertz CT molecular complexity index is 450. The maximum absolute atomic E-state index is 11.6. The number of hydrogen-bond donors (Lipinski definition) is 2. The zero-order valence-electron chi connectivity index (χ0n) is 10.2. The van der Waals surface area contributed by atoms with Gasteiger partial charge >= 0.3 is 6.03 Å². The smallest absolute Gasteiger partial charge is 0.322 e. The fourth-order valence-electron chi connectivity index (χ4n) is 1.80. The molecule has 0 bridgehead atoms. The fraction of sp³-hybridized carbons (Fsp3) is 0.385. The van der Waals surface area contributed by atoms with E-state index in [9.17, 15) is 9.59 Å². The Morgan fingerprint density at radius 3 is 2.56 bits per heavy atom. The van der Waals surface area contributed by atoms with Gasteiger partial charge in [-0.25, -0.2) is 4.79 Å². The summed E-state index contributed by atoms with van der Waals surface area (Å²) in [6, 6.07) is 9.80. The molecule has 96 valence electrons. The monoisotopic (exact) mass is 264 g/mol. The summed E-state index contributed by atoms with van der Waals surface area (Å²) >= 11 is 1.76. The third-order valence-corrected chi connectivity index (χ3v) is 4.01. The maximum atomic E-state index is 11.6. The molecule has 3 amide bonds. The van der Waals surface area contributed by atoms with Crippen LogP contribution in [0.3, 0.4) is 0 Å². The van der Waals surface area contributed by atoms with Crippen molar-refractivity contribution in [3.63, 3.8) is 0 Å². The van der Waals surface area contributed by atoms with E-state index in [0.717, 1.165) is 11.5 Å². The highest BCUT2D eigenvalue weighted by Crippen LogP contribution is 2.20. The molecular formula is C13H16N2O2S. The topological polar surface area (TPSA) is 58.2 Å². The molecule has 0 aromatic heterocycles. The minimum absolute atomic E-state index is 0.229. The molecule has 1 heterocycles. The summed E-state index contributed by atoms with van der Waals surface area (Å²) in [4.78, 5) is 22.6. The number of imide groups is 1. The molecular weight excluding hydrogens is 248 g/mol. The quantitative estimate of drug-likeness (QED) is 0.631. The lowest BCUT2D eigenvalue weighted by atomic mass is 10.00. The summed E-state index contributed by atoms with van der Waals surface area (Å²) in [5.41, 5.74) is 0.522. The van der Waals surface area contributed by atoms with Crippen molar-refractivity contribution in [1.29, 1.82) is 0 Å². The van der Waals surface area contributed by atoms with Gasteiger partial charge in [0.1, 0.15) is 5.54 Å². The van der Waals surface area contributed by atoms with Gasteiger partial charge in [-0.3, -0.25) is 10.1 Å². The predicted molar refractivity (Wildman–Crippen MR) is 72.3 cm³/mol. The summed E-state index contributed by atoms with van der Waals surface area (Å²) in [6.45, 7) is 1.76. The van der Waals surface area contributed by atoms with Gasteiger partial charge in [0.25, 0.3) is 5.91 Å². The Hall–Kier alpha value is -1.49. The first kappa shape index (κ1) is 13.0. The second kappa shape index (κ2) is 5.44. The summed E-state index contributed by atoms with van der Waals surface area (Å²) in [7, 11) is 0. The first-order valence-electron chi connectivity index (χ1n) is 5.85. The largest absolute Gasteiger partial charge is 0.324 e. The number of hydrogen-bond acceptors (Lipinski definition) is 3. The molecule has 0 radical (unpaired) electrons. The molecule has 2 N–H and O–H groups in total. The number of carbonyl (C=O) groups excluding carboxylic acids is 2. The first-order chi connectivity index (χ1) is 8.60. The third kappa shape index (κ3) is 3.04. The van der Waals surface area contributed by atoms with Gasteiger partial charge in [0.05, 0.1) is 0 Å². The first-order valence-corrected chi connectivity index (χ1v) is 7.01. The lowest BCUT2D eigenvalue weighted by Crippen LogP contribution is -2.44.